The van der Waals surface area contributed by atoms with E-state index < -0.39 is 0 Å². The molecule has 0 saturated carbocycles. The Morgan fingerprint density at radius 2 is 1.95 bits per heavy atom. The van der Waals surface area contributed by atoms with E-state index in [1.54, 1.807) is 0 Å². The molecule has 110 valence electrons. The van der Waals surface area contributed by atoms with Crippen molar-refractivity contribution >= 4 is 10.9 Å². The van der Waals surface area contributed by atoms with Crippen molar-refractivity contribution in [2.24, 2.45) is 7.05 Å². The zero-order chi connectivity index (χ0) is 14.8. The van der Waals surface area contributed by atoms with E-state index in [9.17, 15) is 0 Å². The molecule has 0 fully saturated rings. The van der Waals surface area contributed by atoms with Gasteiger partial charge in [-0.05, 0) is 37.1 Å². The maximum atomic E-state index is 4.45. The molecular formula is C17H22N4. The van der Waals surface area contributed by atoms with Crippen LogP contribution in [0.15, 0.2) is 36.4 Å². The maximum Gasteiger partial charge on any atom is 0.0648 e. The Labute approximate surface area is 125 Å². The molecule has 0 aliphatic carbocycles. The molecule has 0 atom stereocenters. The van der Waals surface area contributed by atoms with Crippen LogP contribution in [0.3, 0.4) is 0 Å². The van der Waals surface area contributed by atoms with Gasteiger partial charge >= 0.3 is 0 Å². The number of fused-ring (bicyclic) bond motifs is 1. The van der Waals surface area contributed by atoms with Gasteiger partial charge in [0.1, 0.15) is 0 Å². The van der Waals surface area contributed by atoms with E-state index in [0.29, 0.717) is 0 Å². The molecule has 0 spiro atoms. The summed E-state index contributed by atoms with van der Waals surface area (Å²) < 4.78 is 4.36. The van der Waals surface area contributed by atoms with Crippen molar-refractivity contribution in [1.82, 2.24) is 19.7 Å². The number of hydrogen-bond donors (Lipinski definition) is 1. The Hall–Kier alpha value is -2.07. The second-order valence-corrected chi connectivity index (χ2v) is 5.46. The summed E-state index contributed by atoms with van der Waals surface area (Å²) in [4.78, 5) is 0. The van der Waals surface area contributed by atoms with Gasteiger partial charge in [0.05, 0.1) is 17.9 Å². The van der Waals surface area contributed by atoms with Crippen LogP contribution in [0, 0.1) is 6.92 Å². The lowest BCUT2D eigenvalue weighted by molar-refractivity contribution is 0.632. The molecule has 4 heteroatoms. The van der Waals surface area contributed by atoms with Gasteiger partial charge in [0.25, 0.3) is 0 Å². The quantitative estimate of drug-likeness (QED) is 0.781. The molecule has 4 nitrogen and oxygen atoms in total. The lowest BCUT2D eigenvalue weighted by atomic mass is 10.2. The molecular weight excluding hydrogens is 260 g/mol. The highest BCUT2D eigenvalue weighted by Gasteiger charge is 2.11. The van der Waals surface area contributed by atoms with Crippen molar-refractivity contribution in [3.8, 4) is 0 Å². The molecule has 0 aliphatic rings. The van der Waals surface area contributed by atoms with Gasteiger partial charge in [0, 0.05) is 24.8 Å². The fourth-order valence-corrected chi connectivity index (χ4v) is 2.83. The third kappa shape index (κ3) is 2.72. The van der Waals surface area contributed by atoms with Crippen LogP contribution in [0.25, 0.3) is 10.9 Å². The minimum absolute atomic E-state index is 0.853. The summed E-state index contributed by atoms with van der Waals surface area (Å²) in [6.45, 7) is 6.90. The molecule has 3 aromatic rings. The highest BCUT2D eigenvalue weighted by Crippen LogP contribution is 2.21. The van der Waals surface area contributed by atoms with E-state index in [2.05, 4.69) is 58.3 Å². The van der Waals surface area contributed by atoms with Crippen molar-refractivity contribution in [2.45, 2.75) is 26.9 Å². The van der Waals surface area contributed by atoms with Crippen LogP contribution in [0.1, 0.15) is 24.0 Å². The van der Waals surface area contributed by atoms with Crippen molar-refractivity contribution < 1.29 is 0 Å². The van der Waals surface area contributed by atoms with Crippen molar-refractivity contribution in [1.29, 1.82) is 0 Å². The third-order valence-electron chi connectivity index (χ3n) is 3.87. The van der Waals surface area contributed by atoms with Crippen LogP contribution < -0.4 is 5.32 Å². The number of hydrogen-bond acceptors (Lipinski definition) is 2. The Morgan fingerprint density at radius 1 is 1.14 bits per heavy atom. The summed E-state index contributed by atoms with van der Waals surface area (Å²) in [5.74, 6) is 0. The van der Waals surface area contributed by atoms with Gasteiger partial charge in [-0.1, -0.05) is 25.1 Å². The smallest absolute Gasteiger partial charge is 0.0648 e. The van der Waals surface area contributed by atoms with Gasteiger partial charge in [-0.2, -0.15) is 5.10 Å². The fraction of sp³-hybridized carbons (Fsp3) is 0.353. The van der Waals surface area contributed by atoms with Crippen LogP contribution in [0.5, 0.6) is 0 Å². The van der Waals surface area contributed by atoms with E-state index >= 15 is 0 Å². The second kappa shape index (κ2) is 5.74. The highest BCUT2D eigenvalue weighted by atomic mass is 15.3. The number of nitrogens with zero attached hydrogens (tertiary/aromatic N) is 3. The summed E-state index contributed by atoms with van der Waals surface area (Å²) in [6.07, 6.45) is 0. The first-order valence-electron chi connectivity index (χ1n) is 7.46. The standard InChI is InChI=1S/C17H22N4/c1-4-18-11-15-10-14-7-5-6-8-17(14)21(15)12-16-9-13(2)19-20(16)3/h5-10,18H,4,11-12H2,1-3H3. The van der Waals surface area contributed by atoms with Crippen molar-refractivity contribution in [3.63, 3.8) is 0 Å². The summed E-state index contributed by atoms with van der Waals surface area (Å²) in [7, 11) is 2.01. The molecule has 0 bridgehead atoms. The number of rotatable bonds is 5. The number of nitrogens with one attached hydrogen (secondary N) is 1. The predicted molar refractivity (Wildman–Crippen MR) is 86.4 cm³/mol. The average molecular weight is 282 g/mol. The second-order valence-electron chi connectivity index (χ2n) is 5.46. The highest BCUT2D eigenvalue weighted by molar-refractivity contribution is 5.81. The molecule has 3 rings (SSSR count). The van der Waals surface area contributed by atoms with E-state index in [-0.39, 0.29) is 0 Å². The van der Waals surface area contributed by atoms with Crippen LogP contribution >= 0.6 is 0 Å². The first-order valence-corrected chi connectivity index (χ1v) is 7.46. The molecule has 0 aliphatic heterocycles. The number of benzene rings is 1. The molecule has 0 radical (unpaired) electrons. The Kier molecular flexibility index (Phi) is 3.80. The van der Waals surface area contributed by atoms with Gasteiger partial charge < -0.3 is 9.88 Å². The van der Waals surface area contributed by atoms with Crippen molar-refractivity contribution in [3.05, 3.63) is 53.5 Å². The fourth-order valence-electron chi connectivity index (χ4n) is 2.83. The molecule has 1 aromatic carbocycles. The lowest BCUT2D eigenvalue weighted by Crippen LogP contribution is -2.16. The van der Waals surface area contributed by atoms with E-state index in [0.717, 1.165) is 25.3 Å². The van der Waals surface area contributed by atoms with Crippen LogP contribution in [-0.4, -0.2) is 20.9 Å². The third-order valence-corrected chi connectivity index (χ3v) is 3.87. The monoisotopic (exact) mass is 282 g/mol. The number of aromatic nitrogens is 3. The predicted octanol–water partition coefficient (Wildman–Crippen LogP) is 2.84. The Morgan fingerprint density at radius 3 is 2.67 bits per heavy atom. The van der Waals surface area contributed by atoms with Crippen LogP contribution in [0.2, 0.25) is 0 Å². The molecule has 2 heterocycles. The van der Waals surface area contributed by atoms with E-state index in [1.807, 2.05) is 18.7 Å². The SMILES string of the molecule is CCNCc1cc2ccccc2n1Cc1cc(C)nn1C. The normalized spacial score (nSPS) is 11.4. The first-order chi connectivity index (χ1) is 10.2. The minimum Gasteiger partial charge on any atom is -0.337 e. The molecule has 1 N–H and O–H groups in total. The van der Waals surface area contributed by atoms with Crippen LogP contribution in [0.4, 0.5) is 0 Å². The maximum absolute atomic E-state index is 4.45. The summed E-state index contributed by atoms with van der Waals surface area (Å²) in [5.41, 5.74) is 4.89. The average Bonchev–Trinajstić information content (AvgIpc) is 2.98. The molecule has 0 amide bonds. The molecule has 21 heavy (non-hydrogen) atoms. The summed E-state index contributed by atoms with van der Waals surface area (Å²) in [5, 5.41) is 9.18. The van der Waals surface area contributed by atoms with Gasteiger partial charge in [0.15, 0.2) is 0 Å². The zero-order valence-corrected chi connectivity index (χ0v) is 12.9. The van der Waals surface area contributed by atoms with Crippen LogP contribution in [-0.2, 0) is 20.1 Å². The van der Waals surface area contributed by atoms with Crippen molar-refractivity contribution in [2.75, 3.05) is 6.54 Å². The first kappa shape index (κ1) is 13.9. The van der Waals surface area contributed by atoms with Gasteiger partial charge in [-0.15, -0.1) is 0 Å². The summed E-state index contributed by atoms with van der Waals surface area (Å²) >= 11 is 0. The number of aryl methyl sites for hydroxylation is 2. The zero-order valence-electron chi connectivity index (χ0n) is 12.9. The minimum atomic E-state index is 0.853. The Bertz CT molecular complexity index is 751. The molecule has 0 unspecified atom stereocenters. The van der Waals surface area contributed by atoms with Gasteiger partial charge in [0.2, 0.25) is 0 Å². The summed E-state index contributed by atoms with van der Waals surface area (Å²) in [6, 6.07) is 13.0. The van der Waals surface area contributed by atoms with E-state index in [1.165, 1.54) is 22.3 Å². The molecule has 2 aromatic heterocycles. The molecule has 0 saturated heterocycles. The topological polar surface area (TPSA) is 34.8 Å². The van der Waals surface area contributed by atoms with Gasteiger partial charge in [-0.3, -0.25) is 4.68 Å². The number of para-hydroxylation sites is 1. The van der Waals surface area contributed by atoms with Gasteiger partial charge in [-0.25, -0.2) is 0 Å². The lowest BCUT2D eigenvalue weighted by Gasteiger charge is -2.11. The largest absolute Gasteiger partial charge is 0.337 e. The van der Waals surface area contributed by atoms with E-state index in [4.69, 9.17) is 0 Å². The Balaban J connectivity index is 2.04.